The summed E-state index contributed by atoms with van der Waals surface area (Å²) in [6.07, 6.45) is 0. The van der Waals surface area contributed by atoms with Gasteiger partial charge in [0.1, 0.15) is 11.5 Å². The molecule has 2 heterocycles. The standard InChI is InChI=1S/C28H23BrN2O4S/c1-14-10-16(3)23-21(11-14)36-28(30-23)31-24(17-6-5-7-19(29)13-17)22(26(33)27(31)34)25(32)18-8-9-20(35-4)15(2)12-18/h5-13,24,32H,1-4H3/b25-22+/t24-/m1/s1. The Kier molecular flexibility index (Phi) is 6.18. The number of carbonyl (C=O) groups is 2. The summed E-state index contributed by atoms with van der Waals surface area (Å²) in [5.41, 5.74) is 4.82. The molecule has 182 valence electrons. The van der Waals surface area contributed by atoms with Crippen molar-refractivity contribution < 1.29 is 19.4 Å². The van der Waals surface area contributed by atoms with Crippen LogP contribution in [0.2, 0.25) is 0 Å². The average Bonchev–Trinajstić information content (AvgIpc) is 3.37. The van der Waals surface area contributed by atoms with Crippen LogP contribution in [-0.4, -0.2) is 28.9 Å². The maximum Gasteiger partial charge on any atom is 0.301 e. The van der Waals surface area contributed by atoms with Crippen LogP contribution in [0.25, 0.3) is 16.0 Å². The van der Waals surface area contributed by atoms with Gasteiger partial charge in [-0.15, -0.1) is 0 Å². The number of ether oxygens (including phenoxy) is 1. The van der Waals surface area contributed by atoms with Crippen molar-refractivity contribution in [3.05, 3.63) is 92.5 Å². The van der Waals surface area contributed by atoms with Crippen molar-refractivity contribution in [3.63, 3.8) is 0 Å². The molecule has 0 aliphatic carbocycles. The number of amides is 1. The highest BCUT2D eigenvalue weighted by Gasteiger charge is 2.48. The van der Waals surface area contributed by atoms with Gasteiger partial charge in [0.15, 0.2) is 5.13 Å². The van der Waals surface area contributed by atoms with Gasteiger partial charge >= 0.3 is 5.91 Å². The summed E-state index contributed by atoms with van der Waals surface area (Å²) in [4.78, 5) is 33.1. The maximum absolute atomic E-state index is 13.5. The Hall–Kier alpha value is -3.49. The van der Waals surface area contributed by atoms with Crippen molar-refractivity contribution in [1.82, 2.24) is 4.98 Å². The second-order valence-corrected chi connectivity index (χ2v) is 10.8. The van der Waals surface area contributed by atoms with E-state index in [1.54, 1.807) is 25.3 Å². The van der Waals surface area contributed by atoms with Gasteiger partial charge in [0, 0.05) is 10.0 Å². The summed E-state index contributed by atoms with van der Waals surface area (Å²) in [7, 11) is 1.57. The van der Waals surface area contributed by atoms with Gasteiger partial charge in [-0.05, 0) is 79.4 Å². The molecule has 1 aromatic heterocycles. The SMILES string of the molecule is COc1ccc(/C(O)=C2\C(=O)C(=O)N(c3nc4c(C)cc(C)cc4s3)[C@@H]2c2cccc(Br)c2)cc1C. The lowest BCUT2D eigenvalue weighted by molar-refractivity contribution is -0.132. The van der Waals surface area contributed by atoms with Gasteiger partial charge in [-0.3, -0.25) is 14.5 Å². The number of thiazole rings is 1. The van der Waals surface area contributed by atoms with E-state index in [4.69, 9.17) is 9.72 Å². The van der Waals surface area contributed by atoms with Gasteiger partial charge < -0.3 is 9.84 Å². The van der Waals surface area contributed by atoms with Crippen LogP contribution in [0.5, 0.6) is 5.75 Å². The minimum atomic E-state index is -0.841. The molecule has 36 heavy (non-hydrogen) atoms. The summed E-state index contributed by atoms with van der Waals surface area (Å²) in [5.74, 6) is -1.05. The van der Waals surface area contributed by atoms with Crippen molar-refractivity contribution in [3.8, 4) is 5.75 Å². The number of aromatic nitrogens is 1. The Morgan fingerprint density at radius 3 is 2.53 bits per heavy atom. The monoisotopic (exact) mass is 562 g/mol. The number of Topliss-reactive ketones (excluding diaryl/α,β-unsaturated/α-hetero) is 1. The number of nitrogens with zero attached hydrogens (tertiary/aromatic N) is 2. The molecular weight excluding hydrogens is 540 g/mol. The van der Waals surface area contributed by atoms with Crippen LogP contribution < -0.4 is 9.64 Å². The molecule has 0 bridgehead atoms. The zero-order chi connectivity index (χ0) is 25.7. The Morgan fingerprint density at radius 2 is 1.83 bits per heavy atom. The van der Waals surface area contributed by atoms with Gasteiger partial charge in [-0.25, -0.2) is 4.98 Å². The predicted octanol–water partition coefficient (Wildman–Crippen LogP) is 6.62. The van der Waals surface area contributed by atoms with E-state index in [9.17, 15) is 14.7 Å². The number of anilines is 1. The Labute approximate surface area is 221 Å². The Bertz CT molecular complexity index is 1590. The number of rotatable bonds is 4. The first kappa shape index (κ1) is 24.2. The largest absolute Gasteiger partial charge is 0.507 e. The first-order valence-corrected chi connectivity index (χ1v) is 12.9. The molecule has 1 aliphatic rings. The second kappa shape index (κ2) is 9.19. The van der Waals surface area contributed by atoms with Gasteiger partial charge in [0.25, 0.3) is 5.78 Å². The lowest BCUT2D eigenvalue weighted by Gasteiger charge is -2.23. The lowest BCUT2D eigenvalue weighted by Crippen LogP contribution is -2.29. The highest BCUT2D eigenvalue weighted by molar-refractivity contribution is 9.10. The fraction of sp³-hybridized carbons (Fsp3) is 0.179. The van der Waals surface area contributed by atoms with Crippen LogP contribution >= 0.6 is 27.3 Å². The lowest BCUT2D eigenvalue weighted by atomic mass is 9.95. The molecule has 0 saturated carbocycles. The molecule has 1 saturated heterocycles. The van der Waals surface area contributed by atoms with Gasteiger partial charge in [-0.2, -0.15) is 0 Å². The van der Waals surface area contributed by atoms with Crippen LogP contribution in [-0.2, 0) is 9.59 Å². The number of hydrogen-bond acceptors (Lipinski definition) is 6. The molecule has 8 heteroatoms. The summed E-state index contributed by atoms with van der Waals surface area (Å²) in [5, 5.41) is 11.8. The number of ketones is 1. The van der Waals surface area contributed by atoms with E-state index in [0.717, 1.165) is 31.4 Å². The second-order valence-electron chi connectivity index (χ2n) is 8.83. The third-order valence-corrected chi connectivity index (χ3v) is 7.80. The Balaban J connectivity index is 1.74. The number of methoxy groups -OCH3 is 1. The van der Waals surface area contributed by atoms with Crippen LogP contribution in [0, 0.1) is 20.8 Å². The van der Waals surface area contributed by atoms with E-state index in [1.165, 1.54) is 16.2 Å². The molecule has 1 atom stereocenters. The molecular formula is C28H23BrN2O4S. The van der Waals surface area contributed by atoms with Gasteiger partial charge in [0.05, 0.1) is 28.9 Å². The number of aliphatic hydroxyl groups excluding tert-OH is 1. The van der Waals surface area contributed by atoms with E-state index in [-0.39, 0.29) is 11.3 Å². The van der Waals surface area contributed by atoms with Crippen LogP contribution in [0.3, 0.4) is 0 Å². The number of aliphatic hydroxyl groups is 1. The van der Waals surface area contributed by atoms with Crippen molar-refractivity contribution in [2.24, 2.45) is 0 Å². The van der Waals surface area contributed by atoms with E-state index < -0.39 is 17.7 Å². The molecule has 3 aromatic carbocycles. The van der Waals surface area contributed by atoms with Crippen LogP contribution in [0.4, 0.5) is 5.13 Å². The molecule has 5 rings (SSSR count). The van der Waals surface area contributed by atoms with Gasteiger partial charge in [-0.1, -0.05) is 45.5 Å². The van der Waals surface area contributed by atoms with E-state index in [2.05, 4.69) is 15.9 Å². The van der Waals surface area contributed by atoms with E-state index >= 15 is 0 Å². The fourth-order valence-electron chi connectivity index (χ4n) is 4.67. The van der Waals surface area contributed by atoms with Crippen molar-refractivity contribution in [1.29, 1.82) is 0 Å². The van der Waals surface area contributed by atoms with Crippen LogP contribution in [0.1, 0.15) is 33.9 Å². The normalized spacial score (nSPS) is 17.2. The Morgan fingerprint density at radius 1 is 1.06 bits per heavy atom. The zero-order valence-corrected chi connectivity index (χ0v) is 22.5. The smallest absolute Gasteiger partial charge is 0.301 e. The molecule has 4 aromatic rings. The topological polar surface area (TPSA) is 79.7 Å². The number of fused-ring (bicyclic) bond motifs is 1. The van der Waals surface area contributed by atoms with Crippen LogP contribution in [0.15, 0.2) is 64.6 Å². The third-order valence-electron chi connectivity index (χ3n) is 6.30. The van der Waals surface area contributed by atoms with Crippen molar-refractivity contribution >= 4 is 60.1 Å². The first-order valence-electron chi connectivity index (χ1n) is 11.3. The number of aryl methyl sites for hydroxylation is 3. The molecule has 6 nitrogen and oxygen atoms in total. The summed E-state index contributed by atoms with van der Waals surface area (Å²) >= 11 is 4.85. The quantitative estimate of drug-likeness (QED) is 0.172. The summed E-state index contributed by atoms with van der Waals surface area (Å²) in [6.45, 7) is 5.84. The average molecular weight is 563 g/mol. The molecule has 0 spiro atoms. The first-order chi connectivity index (χ1) is 17.2. The molecule has 1 amide bonds. The molecule has 1 aliphatic heterocycles. The summed E-state index contributed by atoms with van der Waals surface area (Å²) < 4.78 is 7.06. The molecule has 1 N–H and O–H groups in total. The summed E-state index contributed by atoms with van der Waals surface area (Å²) in [6, 6.07) is 15.8. The minimum Gasteiger partial charge on any atom is -0.507 e. The molecule has 0 unspecified atom stereocenters. The highest BCUT2D eigenvalue weighted by Crippen LogP contribution is 2.45. The van der Waals surface area contributed by atoms with Gasteiger partial charge in [0.2, 0.25) is 0 Å². The molecule has 0 radical (unpaired) electrons. The molecule has 1 fully saturated rings. The zero-order valence-electron chi connectivity index (χ0n) is 20.1. The number of halogens is 1. The fourth-order valence-corrected chi connectivity index (χ4v) is 6.25. The highest BCUT2D eigenvalue weighted by atomic mass is 79.9. The van der Waals surface area contributed by atoms with E-state index in [0.29, 0.717) is 22.0 Å². The van der Waals surface area contributed by atoms with E-state index in [1.807, 2.05) is 57.2 Å². The van der Waals surface area contributed by atoms with Crippen molar-refractivity contribution in [2.75, 3.05) is 12.0 Å². The number of hydrogen-bond donors (Lipinski definition) is 1. The number of benzene rings is 3. The minimum absolute atomic E-state index is 0.0230. The number of carbonyl (C=O) groups excluding carboxylic acids is 2. The third kappa shape index (κ3) is 4.00. The maximum atomic E-state index is 13.5. The van der Waals surface area contributed by atoms with Crippen molar-refractivity contribution in [2.45, 2.75) is 26.8 Å². The predicted molar refractivity (Wildman–Crippen MR) is 146 cm³/mol.